The van der Waals surface area contributed by atoms with Crippen molar-refractivity contribution >= 4 is 11.9 Å². The second-order valence-electron chi connectivity index (χ2n) is 8.01. The predicted molar refractivity (Wildman–Crippen MR) is 81.9 cm³/mol. The van der Waals surface area contributed by atoms with Gasteiger partial charge in [-0.15, -0.1) is 0 Å². The Morgan fingerprint density at radius 2 is 1.81 bits per heavy atom. The predicted octanol–water partition coefficient (Wildman–Crippen LogP) is 3.31. The molecule has 2 fully saturated rings. The van der Waals surface area contributed by atoms with Gasteiger partial charge in [-0.25, -0.2) is 0 Å². The van der Waals surface area contributed by atoms with E-state index in [4.69, 9.17) is 0 Å². The third kappa shape index (κ3) is 3.58. The molecule has 1 saturated heterocycles. The minimum absolute atomic E-state index is 0.0473. The number of carboxylic acids is 1. The molecule has 1 aliphatic carbocycles. The molecule has 0 aromatic carbocycles. The topological polar surface area (TPSA) is 57.6 Å². The van der Waals surface area contributed by atoms with Crippen molar-refractivity contribution in [2.45, 2.75) is 65.7 Å². The van der Waals surface area contributed by atoms with Crippen LogP contribution in [-0.2, 0) is 9.59 Å². The van der Waals surface area contributed by atoms with Gasteiger partial charge in [0.05, 0.1) is 5.41 Å². The Kier molecular flexibility index (Phi) is 4.64. The lowest BCUT2D eigenvalue weighted by atomic mass is 9.71. The number of hydrogen-bond acceptors (Lipinski definition) is 2. The van der Waals surface area contributed by atoms with Crippen molar-refractivity contribution in [1.29, 1.82) is 0 Å². The van der Waals surface area contributed by atoms with Crippen LogP contribution >= 0.6 is 0 Å². The van der Waals surface area contributed by atoms with Crippen LogP contribution in [0.15, 0.2) is 0 Å². The molecule has 1 aliphatic heterocycles. The third-order valence-electron chi connectivity index (χ3n) is 5.52. The lowest BCUT2D eigenvalue weighted by molar-refractivity contribution is -0.155. The minimum Gasteiger partial charge on any atom is -0.481 e. The fourth-order valence-electron chi connectivity index (χ4n) is 3.79. The lowest BCUT2D eigenvalue weighted by Crippen LogP contribution is -2.40. The Hall–Kier alpha value is -1.06. The van der Waals surface area contributed by atoms with E-state index in [-0.39, 0.29) is 17.7 Å². The molecular weight excluding hydrogens is 266 g/mol. The zero-order chi connectivity index (χ0) is 15.7. The number of rotatable bonds is 3. The molecule has 0 bridgehead atoms. The molecule has 1 atom stereocenters. The molecule has 1 heterocycles. The first-order valence-electron chi connectivity index (χ1n) is 8.26. The van der Waals surface area contributed by atoms with Crippen LogP contribution in [0, 0.1) is 16.7 Å². The highest BCUT2D eigenvalue weighted by Crippen LogP contribution is 2.41. The zero-order valence-electron chi connectivity index (χ0n) is 13.7. The van der Waals surface area contributed by atoms with Crippen LogP contribution in [0.1, 0.15) is 65.7 Å². The normalized spacial score (nSPS) is 25.9. The molecule has 1 saturated carbocycles. The van der Waals surface area contributed by atoms with E-state index in [2.05, 4.69) is 20.8 Å². The summed E-state index contributed by atoms with van der Waals surface area (Å²) < 4.78 is 0. The van der Waals surface area contributed by atoms with Crippen molar-refractivity contribution in [2.24, 2.45) is 16.7 Å². The molecule has 0 spiro atoms. The van der Waals surface area contributed by atoms with Crippen molar-refractivity contribution in [3.8, 4) is 0 Å². The molecular formula is C17H29NO3. The highest BCUT2D eigenvalue weighted by Gasteiger charge is 2.43. The average Bonchev–Trinajstić information content (AvgIpc) is 2.89. The first kappa shape index (κ1) is 16.3. The second-order valence-corrected chi connectivity index (χ2v) is 8.01. The third-order valence-corrected chi connectivity index (χ3v) is 5.52. The highest BCUT2D eigenvalue weighted by molar-refractivity contribution is 5.85. The Morgan fingerprint density at radius 3 is 2.29 bits per heavy atom. The van der Waals surface area contributed by atoms with Gasteiger partial charge in [-0.2, -0.15) is 0 Å². The van der Waals surface area contributed by atoms with Gasteiger partial charge in [0.2, 0.25) is 5.91 Å². The summed E-state index contributed by atoms with van der Waals surface area (Å²) in [6.45, 7) is 8.22. The summed E-state index contributed by atoms with van der Waals surface area (Å²) in [7, 11) is 0. The van der Waals surface area contributed by atoms with E-state index in [1.165, 1.54) is 0 Å². The maximum Gasteiger partial charge on any atom is 0.310 e. The quantitative estimate of drug-likeness (QED) is 0.869. The average molecular weight is 295 g/mol. The summed E-state index contributed by atoms with van der Waals surface area (Å²) in [6, 6.07) is 0. The fourth-order valence-corrected chi connectivity index (χ4v) is 3.79. The van der Waals surface area contributed by atoms with Gasteiger partial charge in [-0.05, 0) is 30.6 Å². The van der Waals surface area contributed by atoms with Gasteiger partial charge < -0.3 is 10.0 Å². The lowest BCUT2D eigenvalue weighted by Gasteiger charge is -2.34. The van der Waals surface area contributed by atoms with Gasteiger partial charge in [0.15, 0.2) is 0 Å². The number of carbonyl (C=O) groups excluding carboxylic acids is 1. The van der Waals surface area contributed by atoms with Crippen LogP contribution in [-0.4, -0.2) is 35.0 Å². The standard InChI is InChI=1S/C17H29NO3/c1-16(2,3)13-7-10-18(12-13)14(19)11-17(15(20)21)8-5-4-6-9-17/h13H,4-12H2,1-3H3,(H,20,21). The molecule has 1 N–H and O–H groups in total. The van der Waals surface area contributed by atoms with E-state index in [9.17, 15) is 14.7 Å². The monoisotopic (exact) mass is 295 g/mol. The Bertz CT molecular complexity index is 405. The van der Waals surface area contributed by atoms with E-state index in [0.29, 0.717) is 18.8 Å². The maximum absolute atomic E-state index is 12.6. The van der Waals surface area contributed by atoms with Gasteiger partial charge in [-0.1, -0.05) is 40.0 Å². The van der Waals surface area contributed by atoms with Crippen LogP contribution in [0.25, 0.3) is 0 Å². The molecule has 2 rings (SSSR count). The summed E-state index contributed by atoms with van der Waals surface area (Å²) in [4.78, 5) is 26.1. The van der Waals surface area contributed by atoms with E-state index in [0.717, 1.165) is 38.8 Å². The first-order chi connectivity index (χ1) is 9.74. The first-order valence-corrected chi connectivity index (χ1v) is 8.26. The number of hydrogen-bond donors (Lipinski definition) is 1. The van der Waals surface area contributed by atoms with Crippen molar-refractivity contribution < 1.29 is 14.7 Å². The van der Waals surface area contributed by atoms with Crippen molar-refractivity contribution in [3.05, 3.63) is 0 Å². The van der Waals surface area contributed by atoms with Gasteiger partial charge in [0.1, 0.15) is 0 Å². The van der Waals surface area contributed by atoms with Crippen molar-refractivity contribution in [3.63, 3.8) is 0 Å². The highest BCUT2D eigenvalue weighted by atomic mass is 16.4. The summed E-state index contributed by atoms with van der Waals surface area (Å²) >= 11 is 0. The molecule has 2 aliphatic rings. The summed E-state index contributed by atoms with van der Waals surface area (Å²) in [5.74, 6) is -0.207. The van der Waals surface area contributed by atoms with Gasteiger partial charge in [-0.3, -0.25) is 9.59 Å². The minimum atomic E-state index is -0.796. The number of nitrogens with zero attached hydrogens (tertiary/aromatic N) is 1. The molecule has 1 unspecified atom stereocenters. The van der Waals surface area contributed by atoms with E-state index in [1.807, 2.05) is 4.90 Å². The van der Waals surface area contributed by atoms with Crippen LogP contribution < -0.4 is 0 Å². The number of likely N-dealkylation sites (tertiary alicyclic amines) is 1. The Morgan fingerprint density at radius 1 is 1.19 bits per heavy atom. The fraction of sp³-hybridized carbons (Fsp3) is 0.882. The maximum atomic E-state index is 12.6. The van der Waals surface area contributed by atoms with Crippen molar-refractivity contribution in [2.75, 3.05) is 13.1 Å². The SMILES string of the molecule is CC(C)(C)C1CCN(C(=O)CC2(C(=O)O)CCCCC2)C1. The number of carboxylic acid groups (broad SMARTS) is 1. The van der Waals surface area contributed by atoms with Gasteiger partial charge in [0, 0.05) is 19.5 Å². The van der Waals surface area contributed by atoms with E-state index in [1.54, 1.807) is 0 Å². The molecule has 1 amide bonds. The number of amides is 1. The molecule has 21 heavy (non-hydrogen) atoms. The molecule has 0 aromatic heterocycles. The second kappa shape index (κ2) is 5.98. The van der Waals surface area contributed by atoms with Crippen LogP contribution in [0.3, 0.4) is 0 Å². The summed E-state index contributed by atoms with van der Waals surface area (Å²) in [5, 5.41) is 9.59. The van der Waals surface area contributed by atoms with Crippen LogP contribution in [0.2, 0.25) is 0 Å². The van der Waals surface area contributed by atoms with E-state index < -0.39 is 11.4 Å². The molecule has 4 heteroatoms. The summed E-state index contributed by atoms with van der Waals surface area (Å²) in [5.41, 5.74) is -0.584. The summed E-state index contributed by atoms with van der Waals surface area (Å²) in [6.07, 6.45) is 5.51. The number of carbonyl (C=O) groups is 2. The smallest absolute Gasteiger partial charge is 0.310 e. The number of aliphatic carboxylic acids is 1. The molecule has 0 radical (unpaired) electrons. The van der Waals surface area contributed by atoms with Gasteiger partial charge in [0.25, 0.3) is 0 Å². The largest absolute Gasteiger partial charge is 0.481 e. The Balaban J connectivity index is 1.99. The molecule has 0 aromatic rings. The van der Waals surface area contributed by atoms with Crippen molar-refractivity contribution in [1.82, 2.24) is 4.90 Å². The van der Waals surface area contributed by atoms with Crippen LogP contribution in [0.5, 0.6) is 0 Å². The molecule has 4 nitrogen and oxygen atoms in total. The molecule has 120 valence electrons. The van der Waals surface area contributed by atoms with Crippen LogP contribution in [0.4, 0.5) is 0 Å². The Labute approximate surface area is 127 Å². The van der Waals surface area contributed by atoms with Gasteiger partial charge >= 0.3 is 5.97 Å². The zero-order valence-corrected chi connectivity index (χ0v) is 13.7. The van der Waals surface area contributed by atoms with E-state index >= 15 is 0 Å².